The molecule has 1 aromatic heterocycles. The van der Waals surface area contributed by atoms with Crippen molar-refractivity contribution in [3.8, 4) is 0 Å². The largest absolute Gasteiger partial charge is 0.480 e. The normalized spacial score (nSPS) is 10.2. The lowest BCUT2D eigenvalue weighted by Gasteiger charge is -2.06. The van der Waals surface area contributed by atoms with Gasteiger partial charge in [0.25, 0.3) is 0 Å². The molecule has 0 aliphatic carbocycles. The fourth-order valence-electron chi connectivity index (χ4n) is 1.60. The highest BCUT2D eigenvalue weighted by molar-refractivity contribution is 5.91. The zero-order valence-corrected chi connectivity index (χ0v) is 9.61. The molecule has 0 aromatic carbocycles. The summed E-state index contributed by atoms with van der Waals surface area (Å²) in [6.07, 6.45) is 0. The highest BCUT2D eigenvalue weighted by Gasteiger charge is 2.17. The maximum absolute atomic E-state index is 11.5. The van der Waals surface area contributed by atoms with Gasteiger partial charge < -0.3 is 14.4 Å². The minimum atomic E-state index is -0.933. The van der Waals surface area contributed by atoms with Gasteiger partial charge in [-0.15, -0.1) is 0 Å². The third-order valence-corrected chi connectivity index (χ3v) is 2.36. The lowest BCUT2D eigenvalue weighted by Crippen LogP contribution is -2.12. The number of aromatic nitrogens is 1. The second kappa shape index (κ2) is 4.83. The number of carboxylic acids is 1. The number of aliphatic carboxylic acids is 1. The number of nitrogens with zero attached hydrogens (tertiary/aromatic N) is 1. The Kier molecular flexibility index (Phi) is 3.71. The topological polar surface area (TPSA) is 68.5 Å². The molecule has 16 heavy (non-hydrogen) atoms. The van der Waals surface area contributed by atoms with Gasteiger partial charge in [-0.1, -0.05) is 0 Å². The Bertz CT molecular complexity index is 420. The van der Waals surface area contributed by atoms with Crippen molar-refractivity contribution in [2.75, 3.05) is 6.61 Å². The lowest BCUT2D eigenvalue weighted by atomic mass is 10.2. The third kappa shape index (κ3) is 2.42. The molecule has 1 rings (SSSR count). The van der Waals surface area contributed by atoms with Crippen molar-refractivity contribution >= 4 is 11.9 Å². The van der Waals surface area contributed by atoms with E-state index in [1.165, 1.54) is 0 Å². The Morgan fingerprint density at radius 3 is 2.56 bits per heavy atom. The Morgan fingerprint density at radius 1 is 1.44 bits per heavy atom. The first-order chi connectivity index (χ1) is 7.47. The van der Waals surface area contributed by atoms with Crippen molar-refractivity contribution in [3.05, 3.63) is 23.0 Å². The van der Waals surface area contributed by atoms with E-state index >= 15 is 0 Å². The number of carboxylic acid groups (broad SMARTS) is 1. The predicted molar refractivity (Wildman–Crippen MR) is 57.5 cm³/mol. The number of hydrogen-bond acceptors (Lipinski definition) is 3. The van der Waals surface area contributed by atoms with E-state index < -0.39 is 11.9 Å². The average Bonchev–Trinajstić information content (AvgIpc) is 2.45. The van der Waals surface area contributed by atoms with Crippen LogP contribution in [0.1, 0.15) is 28.7 Å². The van der Waals surface area contributed by atoms with Crippen LogP contribution in [0.2, 0.25) is 0 Å². The second-order valence-electron chi connectivity index (χ2n) is 3.49. The number of ether oxygens (including phenoxy) is 1. The predicted octanol–water partition coefficient (Wildman–Crippen LogP) is 1.37. The monoisotopic (exact) mass is 225 g/mol. The van der Waals surface area contributed by atoms with Crippen LogP contribution in [0.25, 0.3) is 0 Å². The molecule has 5 heteroatoms. The summed E-state index contributed by atoms with van der Waals surface area (Å²) in [7, 11) is 0. The molecule has 0 fully saturated rings. The lowest BCUT2D eigenvalue weighted by molar-refractivity contribution is -0.137. The number of esters is 1. The Morgan fingerprint density at radius 2 is 2.06 bits per heavy atom. The van der Waals surface area contributed by atoms with Gasteiger partial charge >= 0.3 is 11.9 Å². The highest BCUT2D eigenvalue weighted by Crippen LogP contribution is 2.16. The van der Waals surface area contributed by atoms with E-state index in [4.69, 9.17) is 9.84 Å². The van der Waals surface area contributed by atoms with Crippen molar-refractivity contribution < 1.29 is 19.4 Å². The molecule has 0 aliphatic rings. The van der Waals surface area contributed by atoms with E-state index in [2.05, 4.69) is 0 Å². The second-order valence-corrected chi connectivity index (χ2v) is 3.49. The molecule has 0 amide bonds. The minimum absolute atomic E-state index is 0.142. The molecule has 0 atom stereocenters. The van der Waals surface area contributed by atoms with E-state index in [9.17, 15) is 9.59 Å². The van der Waals surface area contributed by atoms with Gasteiger partial charge in [0.2, 0.25) is 0 Å². The fourth-order valence-corrected chi connectivity index (χ4v) is 1.60. The molecule has 1 N–H and O–H groups in total. The molecule has 0 saturated carbocycles. The van der Waals surface area contributed by atoms with Crippen LogP contribution in [0.4, 0.5) is 0 Å². The van der Waals surface area contributed by atoms with Gasteiger partial charge in [-0.3, -0.25) is 4.79 Å². The Hall–Kier alpha value is -1.78. The molecule has 0 saturated heterocycles. The van der Waals surface area contributed by atoms with Crippen LogP contribution in [0.3, 0.4) is 0 Å². The van der Waals surface area contributed by atoms with E-state index in [0.717, 1.165) is 5.69 Å². The molecule has 0 bridgehead atoms. The first kappa shape index (κ1) is 12.3. The number of carbonyl (C=O) groups excluding carboxylic acids is 1. The van der Waals surface area contributed by atoms with Crippen LogP contribution in [-0.4, -0.2) is 28.2 Å². The first-order valence-electron chi connectivity index (χ1n) is 5.03. The number of rotatable bonds is 4. The number of hydrogen-bond donors (Lipinski definition) is 1. The molecule has 0 unspecified atom stereocenters. The maximum Gasteiger partial charge on any atom is 0.339 e. The van der Waals surface area contributed by atoms with Gasteiger partial charge in [0.1, 0.15) is 6.54 Å². The molecule has 0 radical (unpaired) electrons. The molecule has 1 aromatic rings. The SMILES string of the molecule is CCOC(=O)c1cc(C)n(CC(=O)O)c1C. The molecule has 0 aliphatic heterocycles. The van der Waals surface area contributed by atoms with Crippen molar-refractivity contribution in [3.63, 3.8) is 0 Å². The summed E-state index contributed by atoms with van der Waals surface area (Å²) in [6, 6.07) is 1.65. The van der Waals surface area contributed by atoms with Crippen molar-refractivity contribution in [1.29, 1.82) is 0 Å². The van der Waals surface area contributed by atoms with Gasteiger partial charge in [0, 0.05) is 11.4 Å². The summed E-state index contributed by atoms with van der Waals surface area (Å²) in [5.41, 5.74) is 1.79. The summed E-state index contributed by atoms with van der Waals surface area (Å²) in [5, 5.41) is 8.73. The van der Waals surface area contributed by atoms with Crippen molar-refractivity contribution in [1.82, 2.24) is 4.57 Å². The third-order valence-electron chi connectivity index (χ3n) is 2.36. The summed E-state index contributed by atoms with van der Waals surface area (Å²) >= 11 is 0. The number of carbonyl (C=O) groups is 2. The molecular formula is C11H15NO4. The van der Waals surface area contributed by atoms with Gasteiger partial charge in [0.15, 0.2) is 0 Å². The molecule has 88 valence electrons. The molecule has 5 nitrogen and oxygen atoms in total. The van der Waals surface area contributed by atoms with Crippen LogP contribution < -0.4 is 0 Å². The van der Waals surface area contributed by atoms with Crippen LogP contribution in [0.5, 0.6) is 0 Å². The van der Waals surface area contributed by atoms with E-state index in [-0.39, 0.29) is 6.54 Å². The quantitative estimate of drug-likeness (QED) is 0.786. The van der Waals surface area contributed by atoms with Crippen LogP contribution >= 0.6 is 0 Å². The van der Waals surface area contributed by atoms with Crippen molar-refractivity contribution in [2.45, 2.75) is 27.3 Å². The first-order valence-corrected chi connectivity index (χ1v) is 5.03. The number of aryl methyl sites for hydroxylation is 1. The Balaban J connectivity index is 3.06. The smallest absolute Gasteiger partial charge is 0.339 e. The molecule has 1 heterocycles. The van der Waals surface area contributed by atoms with Crippen LogP contribution in [0.15, 0.2) is 6.07 Å². The van der Waals surface area contributed by atoms with Gasteiger partial charge in [0.05, 0.1) is 12.2 Å². The zero-order chi connectivity index (χ0) is 12.3. The van der Waals surface area contributed by atoms with Crippen molar-refractivity contribution in [2.24, 2.45) is 0 Å². The summed E-state index contributed by atoms with van der Waals surface area (Å²) in [4.78, 5) is 22.2. The fraction of sp³-hybridized carbons (Fsp3) is 0.455. The molecule has 0 spiro atoms. The van der Waals surface area contributed by atoms with E-state index in [1.807, 2.05) is 0 Å². The van der Waals surface area contributed by atoms with Crippen LogP contribution in [-0.2, 0) is 16.1 Å². The summed E-state index contributed by atoms with van der Waals surface area (Å²) < 4.78 is 6.46. The van der Waals surface area contributed by atoms with Gasteiger partial charge in [-0.2, -0.15) is 0 Å². The molecular weight excluding hydrogens is 210 g/mol. The summed E-state index contributed by atoms with van der Waals surface area (Å²) in [5.74, 6) is -1.34. The highest BCUT2D eigenvalue weighted by atomic mass is 16.5. The minimum Gasteiger partial charge on any atom is -0.480 e. The zero-order valence-electron chi connectivity index (χ0n) is 9.61. The standard InChI is InChI=1S/C11H15NO4/c1-4-16-11(15)9-5-7(2)12(8(9)3)6-10(13)14/h5H,4,6H2,1-3H3,(H,13,14). The van der Waals surface area contributed by atoms with Crippen LogP contribution in [0, 0.1) is 13.8 Å². The Labute approximate surface area is 93.6 Å². The van der Waals surface area contributed by atoms with Gasteiger partial charge in [-0.05, 0) is 26.8 Å². The van der Waals surface area contributed by atoms with E-state index in [0.29, 0.717) is 17.9 Å². The van der Waals surface area contributed by atoms with Gasteiger partial charge in [-0.25, -0.2) is 4.79 Å². The maximum atomic E-state index is 11.5. The summed E-state index contributed by atoms with van der Waals surface area (Å²) in [6.45, 7) is 5.37. The van der Waals surface area contributed by atoms with E-state index in [1.54, 1.807) is 31.4 Å². The average molecular weight is 225 g/mol.